The summed E-state index contributed by atoms with van der Waals surface area (Å²) in [6.07, 6.45) is 1.83. The number of benzene rings is 2. The van der Waals surface area contributed by atoms with Gasteiger partial charge in [-0.1, -0.05) is 17.3 Å². The number of hydrogen-bond acceptors (Lipinski definition) is 6. The summed E-state index contributed by atoms with van der Waals surface area (Å²) in [5, 5.41) is 8.43. The molecule has 0 unspecified atom stereocenters. The molecule has 130 valence electrons. The molecule has 0 bridgehead atoms. The fraction of sp³-hybridized carbons (Fsp3) is 0.222. The van der Waals surface area contributed by atoms with Gasteiger partial charge in [0.15, 0.2) is 11.5 Å². The molecule has 7 heteroatoms. The Morgan fingerprint density at radius 3 is 2.16 bits per heavy atom. The molecule has 0 aliphatic carbocycles. The molecule has 0 radical (unpaired) electrons. The molecule has 0 saturated carbocycles. The van der Waals surface area contributed by atoms with Crippen LogP contribution in [0.5, 0.6) is 23.0 Å². The van der Waals surface area contributed by atoms with Crippen LogP contribution in [-0.4, -0.2) is 43.4 Å². The molecule has 0 aliphatic rings. The van der Waals surface area contributed by atoms with Crippen LogP contribution in [0.15, 0.2) is 42.6 Å². The number of rotatable bonds is 6. The summed E-state index contributed by atoms with van der Waals surface area (Å²) in [4.78, 5) is 0. The van der Waals surface area contributed by atoms with Crippen molar-refractivity contribution in [2.45, 2.75) is 0 Å². The van der Waals surface area contributed by atoms with E-state index in [0.717, 1.165) is 22.7 Å². The van der Waals surface area contributed by atoms with Crippen LogP contribution >= 0.6 is 0 Å². The molecule has 0 saturated heterocycles. The summed E-state index contributed by atoms with van der Waals surface area (Å²) in [6, 6.07) is 11.3. The third kappa shape index (κ3) is 3.21. The maximum atomic E-state index is 5.38. The van der Waals surface area contributed by atoms with Crippen molar-refractivity contribution in [3.8, 4) is 39.9 Å². The molecular formula is C18H19N3O4. The van der Waals surface area contributed by atoms with E-state index in [4.69, 9.17) is 18.9 Å². The molecule has 0 aliphatic heterocycles. The van der Waals surface area contributed by atoms with Crippen LogP contribution in [0.3, 0.4) is 0 Å². The summed E-state index contributed by atoms with van der Waals surface area (Å²) in [7, 11) is 6.34. The minimum atomic E-state index is 0.530. The van der Waals surface area contributed by atoms with Gasteiger partial charge in [0.25, 0.3) is 0 Å². The molecule has 0 N–H and O–H groups in total. The van der Waals surface area contributed by atoms with Gasteiger partial charge in [-0.15, -0.1) is 5.10 Å². The highest BCUT2D eigenvalue weighted by atomic mass is 16.5. The van der Waals surface area contributed by atoms with E-state index < -0.39 is 0 Å². The van der Waals surface area contributed by atoms with Crippen molar-refractivity contribution < 1.29 is 18.9 Å². The van der Waals surface area contributed by atoms with E-state index in [0.29, 0.717) is 17.2 Å². The molecule has 25 heavy (non-hydrogen) atoms. The van der Waals surface area contributed by atoms with E-state index in [-0.39, 0.29) is 0 Å². The third-order valence-electron chi connectivity index (χ3n) is 3.77. The summed E-state index contributed by atoms with van der Waals surface area (Å²) in [5.74, 6) is 2.40. The SMILES string of the molecule is COc1cccc(-c2cn(-c3cc(OC)c(OC)c(OC)c3)nn2)c1. The van der Waals surface area contributed by atoms with Crippen LogP contribution in [0.1, 0.15) is 0 Å². The maximum Gasteiger partial charge on any atom is 0.203 e. The van der Waals surface area contributed by atoms with Crippen LogP contribution < -0.4 is 18.9 Å². The fourth-order valence-corrected chi connectivity index (χ4v) is 2.50. The van der Waals surface area contributed by atoms with Crippen molar-refractivity contribution in [2.75, 3.05) is 28.4 Å². The molecule has 0 fully saturated rings. The summed E-state index contributed by atoms with van der Waals surface area (Å²) < 4.78 is 23.0. The second-order valence-corrected chi connectivity index (χ2v) is 5.16. The van der Waals surface area contributed by atoms with Gasteiger partial charge in [-0.2, -0.15) is 0 Å². The molecule has 2 aromatic carbocycles. The quantitative estimate of drug-likeness (QED) is 0.687. The van der Waals surface area contributed by atoms with Crippen molar-refractivity contribution in [3.05, 3.63) is 42.6 Å². The van der Waals surface area contributed by atoms with Crippen LogP contribution in [0, 0.1) is 0 Å². The highest BCUT2D eigenvalue weighted by Gasteiger charge is 2.15. The Bertz CT molecular complexity index is 851. The zero-order valence-corrected chi connectivity index (χ0v) is 14.5. The molecule has 3 rings (SSSR count). The smallest absolute Gasteiger partial charge is 0.203 e. The predicted octanol–water partition coefficient (Wildman–Crippen LogP) is 2.97. The predicted molar refractivity (Wildman–Crippen MR) is 93.0 cm³/mol. The van der Waals surface area contributed by atoms with E-state index in [1.807, 2.05) is 42.6 Å². The minimum Gasteiger partial charge on any atom is -0.497 e. The standard InChI is InChI=1S/C18H19N3O4/c1-22-14-7-5-6-12(8-14)15-11-21(20-19-15)13-9-16(23-2)18(25-4)17(10-13)24-3/h5-11H,1-4H3. The van der Waals surface area contributed by atoms with Gasteiger partial charge in [0, 0.05) is 17.7 Å². The topological polar surface area (TPSA) is 67.6 Å². The molecule has 3 aromatic rings. The van der Waals surface area contributed by atoms with Crippen molar-refractivity contribution in [1.82, 2.24) is 15.0 Å². The Kier molecular flexibility index (Phi) is 4.74. The van der Waals surface area contributed by atoms with Crippen LogP contribution in [0.2, 0.25) is 0 Å². The monoisotopic (exact) mass is 341 g/mol. The molecule has 1 aromatic heterocycles. The summed E-state index contributed by atoms with van der Waals surface area (Å²) >= 11 is 0. The third-order valence-corrected chi connectivity index (χ3v) is 3.77. The van der Waals surface area contributed by atoms with Gasteiger partial charge in [-0.05, 0) is 12.1 Å². The van der Waals surface area contributed by atoms with Crippen LogP contribution in [0.25, 0.3) is 16.9 Å². The Balaban J connectivity index is 2.02. The second-order valence-electron chi connectivity index (χ2n) is 5.16. The first-order valence-electron chi connectivity index (χ1n) is 7.57. The Labute approximate surface area is 145 Å². The Hall–Kier alpha value is -3.22. The molecule has 0 spiro atoms. The van der Waals surface area contributed by atoms with Crippen molar-refractivity contribution in [1.29, 1.82) is 0 Å². The lowest BCUT2D eigenvalue weighted by Gasteiger charge is -2.13. The lowest BCUT2D eigenvalue weighted by Crippen LogP contribution is -2.00. The Morgan fingerprint density at radius 1 is 0.840 bits per heavy atom. The first-order chi connectivity index (χ1) is 12.2. The van der Waals surface area contributed by atoms with Gasteiger partial charge >= 0.3 is 0 Å². The number of hydrogen-bond donors (Lipinski definition) is 0. The van der Waals surface area contributed by atoms with Crippen molar-refractivity contribution in [2.24, 2.45) is 0 Å². The van der Waals surface area contributed by atoms with Crippen LogP contribution in [-0.2, 0) is 0 Å². The average molecular weight is 341 g/mol. The number of ether oxygens (including phenoxy) is 4. The summed E-state index contributed by atoms with van der Waals surface area (Å²) in [6.45, 7) is 0. The highest BCUT2D eigenvalue weighted by Crippen LogP contribution is 2.39. The molecular weight excluding hydrogens is 322 g/mol. The van der Waals surface area contributed by atoms with Gasteiger partial charge in [-0.3, -0.25) is 0 Å². The molecule has 0 atom stereocenters. The fourth-order valence-electron chi connectivity index (χ4n) is 2.50. The molecule has 0 amide bonds. The van der Waals surface area contributed by atoms with E-state index in [9.17, 15) is 0 Å². The lowest BCUT2D eigenvalue weighted by molar-refractivity contribution is 0.324. The van der Waals surface area contributed by atoms with E-state index in [1.54, 1.807) is 33.1 Å². The van der Waals surface area contributed by atoms with Gasteiger partial charge in [0.1, 0.15) is 11.4 Å². The lowest BCUT2D eigenvalue weighted by atomic mass is 10.1. The number of methoxy groups -OCH3 is 4. The highest BCUT2D eigenvalue weighted by molar-refractivity contribution is 5.62. The molecule has 7 nitrogen and oxygen atoms in total. The first kappa shape index (κ1) is 16.6. The number of nitrogens with zero attached hydrogens (tertiary/aromatic N) is 3. The van der Waals surface area contributed by atoms with Gasteiger partial charge < -0.3 is 18.9 Å². The minimum absolute atomic E-state index is 0.530. The zero-order chi connectivity index (χ0) is 17.8. The summed E-state index contributed by atoms with van der Waals surface area (Å²) in [5.41, 5.74) is 2.39. The normalized spacial score (nSPS) is 10.4. The second kappa shape index (κ2) is 7.12. The Morgan fingerprint density at radius 2 is 1.56 bits per heavy atom. The molecule has 1 heterocycles. The zero-order valence-electron chi connectivity index (χ0n) is 14.5. The van der Waals surface area contributed by atoms with Crippen LogP contribution in [0.4, 0.5) is 0 Å². The van der Waals surface area contributed by atoms with E-state index in [1.165, 1.54) is 0 Å². The van der Waals surface area contributed by atoms with Crippen molar-refractivity contribution in [3.63, 3.8) is 0 Å². The van der Waals surface area contributed by atoms with Gasteiger partial charge in [-0.25, -0.2) is 4.68 Å². The van der Waals surface area contributed by atoms with E-state index in [2.05, 4.69) is 10.3 Å². The first-order valence-corrected chi connectivity index (χ1v) is 7.57. The largest absolute Gasteiger partial charge is 0.497 e. The average Bonchev–Trinajstić information content (AvgIpc) is 3.17. The maximum absolute atomic E-state index is 5.38. The van der Waals surface area contributed by atoms with Crippen molar-refractivity contribution >= 4 is 0 Å². The number of aromatic nitrogens is 3. The van der Waals surface area contributed by atoms with Gasteiger partial charge in [0.2, 0.25) is 5.75 Å². The van der Waals surface area contributed by atoms with E-state index >= 15 is 0 Å². The van der Waals surface area contributed by atoms with Gasteiger partial charge in [0.05, 0.1) is 40.3 Å².